The molecule has 10 nitrogen and oxygen atoms in total. The number of methoxy groups -OCH3 is 2. The fourth-order valence-corrected chi connectivity index (χ4v) is 5.64. The highest BCUT2D eigenvalue weighted by Crippen LogP contribution is 2.31. The summed E-state index contributed by atoms with van der Waals surface area (Å²) in [6, 6.07) is -2.19. The summed E-state index contributed by atoms with van der Waals surface area (Å²) in [5.74, 6) is -4.12. The zero-order chi connectivity index (χ0) is 22.6. The van der Waals surface area contributed by atoms with Gasteiger partial charge < -0.3 is 9.47 Å². The summed E-state index contributed by atoms with van der Waals surface area (Å²) < 4.78 is 9.46. The van der Waals surface area contributed by atoms with Crippen LogP contribution in [-0.4, -0.2) is 83.2 Å². The summed E-state index contributed by atoms with van der Waals surface area (Å²) >= 11 is 0. The number of ether oxygens (including phenoxy) is 2. The minimum absolute atomic E-state index is 0.0337. The number of hydrogen-bond acceptors (Lipinski definition) is 10. The van der Waals surface area contributed by atoms with E-state index in [1.807, 2.05) is 0 Å². The van der Waals surface area contributed by atoms with Crippen LogP contribution < -0.4 is 0 Å². The number of carbonyl (C=O) groups excluding carboxylic acids is 6. The van der Waals surface area contributed by atoms with Crippen LogP contribution in [0.25, 0.3) is 0 Å². The first-order chi connectivity index (χ1) is 14.1. The van der Waals surface area contributed by atoms with E-state index in [9.17, 15) is 28.8 Å². The standard InChI is InChI=1S/C18H24N2O8S2/c1-9-5-13(21)19(15(9)23)11(17(25)27-3)7-29-30-8-12(18(26)28-4)20-14(22)6-10(2)16(20)24/h9-12H,5-8H2,1-4H3. The number of carbonyl (C=O) groups is 6. The molecule has 0 aromatic rings. The van der Waals surface area contributed by atoms with Crippen LogP contribution in [0.15, 0.2) is 0 Å². The van der Waals surface area contributed by atoms with E-state index in [2.05, 4.69) is 0 Å². The van der Waals surface area contributed by atoms with Crippen molar-refractivity contribution in [3.8, 4) is 0 Å². The number of nitrogens with zero attached hydrogens (tertiary/aromatic N) is 2. The summed E-state index contributed by atoms with van der Waals surface area (Å²) in [4.78, 5) is 75.0. The van der Waals surface area contributed by atoms with E-state index in [0.29, 0.717) is 0 Å². The number of imide groups is 2. The monoisotopic (exact) mass is 460 g/mol. The molecule has 0 aromatic heterocycles. The van der Waals surface area contributed by atoms with Crippen LogP contribution >= 0.6 is 21.6 Å². The van der Waals surface area contributed by atoms with Crippen molar-refractivity contribution in [1.29, 1.82) is 0 Å². The molecular formula is C18H24N2O8S2. The van der Waals surface area contributed by atoms with E-state index in [0.717, 1.165) is 31.4 Å². The van der Waals surface area contributed by atoms with Gasteiger partial charge in [-0.15, -0.1) is 0 Å². The van der Waals surface area contributed by atoms with Crippen molar-refractivity contribution >= 4 is 57.2 Å². The highest BCUT2D eigenvalue weighted by molar-refractivity contribution is 8.76. The highest BCUT2D eigenvalue weighted by Gasteiger charge is 2.45. The fraction of sp³-hybridized carbons (Fsp3) is 0.667. The second-order valence-corrected chi connectivity index (χ2v) is 9.61. The van der Waals surface area contributed by atoms with E-state index >= 15 is 0 Å². The van der Waals surface area contributed by atoms with Crippen molar-refractivity contribution in [2.75, 3.05) is 25.7 Å². The zero-order valence-corrected chi connectivity index (χ0v) is 18.7. The molecule has 2 fully saturated rings. The maximum absolute atomic E-state index is 12.3. The van der Waals surface area contributed by atoms with Gasteiger partial charge in [-0.2, -0.15) is 0 Å². The summed E-state index contributed by atoms with van der Waals surface area (Å²) in [5, 5.41) is 0. The molecule has 0 aromatic carbocycles. The maximum atomic E-state index is 12.3. The third kappa shape index (κ3) is 4.97. The van der Waals surface area contributed by atoms with Gasteiger partial charge in [0.05, 0.1) is 14.2 Å². The van der Waals surface area contributed by atoms with Crippen LogP contribution in [0.2, 0.25) is 0 Å². The summed E-state index contributed by atoms with van der Waals surface area (Å²) in [7, 11) is 4.59. The minimum Gasteiger partial charge on any atom is -0.467 e. The SMILES string of the molecule is COC(=O)C(CSSCC(C(=O)OC)N1C(=O)CC(C)C1=O)N1C(=O)CC(C)C1=O. The highest BCUT2D eigenvalue weighted by atomic mass is 33.1. The number of amides is 4. The largest absolute Gasteiger partial charge is 0.467 e. The van der Waals surface area contributed by atoms with Crippen LogP contribution in [0, 0.1) is 11.8 Å². The van der Waals surface area contributed by atoms with Gasteiger partial charge in [0.25, 0.3) is 0 Å². The van der Waals surface area contributed by atoms with Gasteiger partial charge in [0, 0.05) is 36.2 Å². The molecular weight excluding hydrogens is 436 g/mol. The molecule has 0 aliphatic carbocycles. The van der Waals surface area contributed by atoms with Gasteiger partial charge in [-0.3, -0.25) is 29.0 Å². The van der Waals surface area contributed by atoms with Crippen LogP contribution in [0.1, 0.15) is 26.7 Å². The first-order valence-electron chi connectivity index (χ1n) is 9.25. The molecule has 30 heavy (non-hydrogen) atoms. The first-order valence-corrected chi connectivity index (χ1v) is 11.7. The Hall–Kier alpha value is -2.08. The molecule has 4 atom stereocenters. The Kier molecular flexibility index (Phi) is 8.30. The lowest BCUT2D eigenvalue weighted by atomic mass is 10.1. The van der Waals surface area contributed by atoms with Crippen molar-refractivity contribution in [2.45, 2.75) is 38.8 Å². The molecule has 0 radical (unpaired) electrons. The zero-order valence-electron chi connectivity index (χ0n) is 17.1. The number of esters is 2. The van der Waals surface area contributed by atoms with Crippen LogP contribution in [0.4, 0.5) is 0 Å². The predicted octanol–water partition coefficient (Wildman–Crippen LogP) is 0.241. The lowest BCUT2D eigenvalue weighted by molar-refractivity contribution is -0.155. The van der Waals surface area contributed by atoms with Gasteiger partial charge in [0.1, 0.15) is 12.1 Å². The molecule has 2 rings (SSSR count). The van der Waals surface area contributed by atoms with Crippen molar-refractivity contribution in [2.24, 2.45) is 11.8 Å². The quantitative estimate of drug-likeness (QED) is 0.204. The average Bonchev–Trinajstić information content (AvgIpc) is 3.11. The molecule has 2 aliphatic rings. The van der Waals surface area contributed by atoms with Crippen molar-refractivity contribution in [1.82, 2.24) is 9.80 Å². The molecule has 4 amide bonds. The third-order valence-electron chi connectivity index (χ3n) is 4.92. The topological polar surface area (TPSA) is 127 Å². The molecule has 2 heterocycles. The second-order valence-electron chi connectivity index (χ2n) is 7.06. The molecule has 0 spiro atoms. The smallest absolute Gasteiger partial charge is 0.329 e. The third-order valence-corrected chi connectivity index (χ3v) is 7.31. The number of likely N-dealkylation sites (tertiary alicyclic amines) is 2. The number of rotatable bonds is 9. The Bertz CT molecular complexity index is 696. The summed E-state index contributed by atoms with van der Waals surface area (Å²) in [5.41, 5.74) is 0. The van der Waals surface area contributed by atoms with Crippen molar-refractivity contribution < 1.29 is 38.2 Å². The van der Waals surface area contributed by atoms with Gasteiger partial charge in [-0.1, -0.05) is 35.4 Å². The van der Waals surface area contributed by atoms with Crippen molar-refractivity contribution in [3.63, 3.8) is 0 Å². The Morgan fingerprint density at radius 3 is 1.40 bits per heavy atom. The predicted molar refractivity (Wildman–Crippen MR) is 108 cm³/mol. The Balaban J connectivity index is 2.03. The Morgan fingerprint density at radius 1 is 0.833 bits per heavy atom. The van der Waals surface area contributed by atoms with E-state index in [1.54, 1.807) is 13.8 Å². The van der Waals surface area contributed by atoms with E-state index in [4.69, 9.17) is 9.47 Å². The lowest BCUT2D eigenvalue weighted by Crippen LogP contribution is -2.47. The summed E-state index contributed by atoms with van der Waals surface area (Å²) in [6.07, 6.45) is 0.0673. The van der Waals surface area contributed by atoms with E-state index in [-0.39, 0.29) is 24.3 Å². The van der Waals surface area contributed by atoms with Gasteiger partial charge in [0.2, 0.25) is 23.6 Å². The minimum atomic E-state index is -1.09. The Morgan fingerprint density at radius 2 is 1.17 bits per heavy atom. The van der Waals surface area contributed by atoms with Gasteiger partial charge in [0.15, 0.2) is 0 Å². The molecule has 0 bridgehead atoms. The van der Waals surface area contributed by atoms with Crippen LogP contribution in [0.5, 0.6) is 0 Å². The molecule has 12 heteroatoms. The van der Waals surface area contributed by atoms with Gasteiger partial charge in [-0.05, 0) is 0 Å². The van der Waals surface area contributed by atoms with Crippen LogP contribution in [-0.2, 0) is 38.2 Å². The van der Waals surface area contributed by atoms with Crippen LogP contribution in [0.3, 0.4) is 0 Å². The molecule has 4 unspecified atom stereocenters. The van der Waals surface area contributed by atoms with Gasteiger partial charge >= 0.3 is 11.9 Å². The van der Waals surface area contributed by atoms with E-state index in [1.165, 1.54) is 14.2 Å². The van der Waals surface area contributed by atoms with Crippen molar-refractivity contribution in [3.05, 3.63) is 0 Å². The molecule has 0 N–H and O–H groups in total. The molecule has 2 saturated heterocycles. The Labute approximate surface area is 181 Å². The van der Waals surface area contributed by atoms with E-state index < -0.39 is 59.5 Å². The second kappa shape index (κ2) is 10.3. The lowest BCUT2D eigenvalue weighted by Gasteiger charge is -2.25. The molecule has 2 aliphatic heterocycles. The maximum Gasteiger partial charge on any atom is 0.329 e. The summed E-state index contributed by atoms with van der Waals surface area (Å²) in [6.45, 7) is 3.23. The van der Waals surface area contributed by atoms with Gasteiger partial charge in [-0.25, -0.2) is 9.59 Å². The normalized spacial score (nSPS) is 23.7. The fourth-order valence-electron chi connectivity index (χ4n) is 3.26. The molecule has 166 valence electrons. The first kappa shape index (κ1) is 24.2. The average molecular weight is 461 g/mol. The number of hydrogen-bond donors (Lipinski definition) is 0. The molecule has 0 saturated carbocycles.